The van der Waals surface area contributed by atoms with Crippen molar-refractivity contribution in [2.45, 2.75) is 106 Å². The van der Waals surface area contributed by atoms with E-state index in [1.807, 2.05) is 0 Å². The molecule has 0 amide bonds. The van der Waals surface area contributed by atoms with Crippen molar-refractivity contribution >= 4 is 0 Å². The fraction of sp³-hybridized carbons (Fsp3) is 0.958. The minimum Gasteiger partial charge on any atom is -0.0628 e. The summed E-state index contributed by atoms with van der Waals surface area (Å²) in [5, 5.41) is 0. The number of hydrogen-bond acceptors (Lipinski definition) is 0. The summed E-state index contributed by atoms with van der Waals surface area (Å²) < 4.78 is 0. The van der Waals surface area contributed by atoms with Gasteiger partial charge in [0.2, 0.25) is 0 Å². The zero-order valence-electron chi connectivity index (χ0n) is 17.6. The van der Waals surface area contributed by atoms with Crippen LogP contribution in [0, 0.1) is 47.3 Å². The Labute approximate surface area is 153 Å². The molecule has 2 saturated carbocycles. The molecule has 0 aliphatic heterocycles. The molecule has 0 heterocycles. The van der Waals surface area contributed by atoms with Crippen LogP contribution in [0.1, 0.15) is 106 Å². The lowest BCUT2D eigenvalue weighted by molar-refractivity contribution is 0.0978. The van der Waals surface area contributed by atoms with Crippen LogP contribution < -0.4 is 0 Å². The normalized spacial score (nSPS) is 39.6. The van der Waals surface area contributed by atoms with E-state index >= 15 is 0 Å². The van der Waals surface area contributed by atoms with E-state index in [-0.39, 0.29) is 0 Å². The van der Waals surface area contributed by atoms with Crippen molar-refractivity contribution in [2.24, 2.45) is 40.9 Å². The van der Waals surface area contributed by atoms with Crippen LogP contribution in [0.15, 0.2) is 0 Å². The second kappa shape index (κ2) is 9.09. The van der Waals surface area contributed by atoms with Crippen LogP contribution in [0.3, 0.4) is 0 Å². The van der Waals surface area contributed by atoms with Gasteiger partial charge in [0.15, 0.2) is 0 Å². The Bertz CT molecular complexity index is 357. The summed E-state index contributed by atoms with van der Waals surface area (Å²) in [6.45, 7) is 15.0. The van der Waals surface area contributed by atoms with Gasteiger partial charge in [-0.25, -0.2) is 0 Å². The molecule has 2 aliphatic rings. The Morgan fingerprint density at radius 1 is 0.958 bits per heavy atom. The summed E-state index contributed by atoms with van der Waals surface area (Å²) in [4.78, 5) is 0. The molecule has 141 valence electrons. The lowest BCUT2D eigenvalue weighted by Gasteiger charge is -2.41. The third kappa shape index (κ3) is 5.01. The molecule has 2 unspecified atom stereocenters. The first-order valence-electron chi connectivity index (χ1n) is 11.2. The zero-order valence-corrected chi connectivity index (χ0v) is 17.6. The molecule has 6 atom stereocenters. The molecule has 2 aliphatic carbocycles. The van der Waals surface area contributed by atoms with E-state index in [1.54, 1.807) is 0 Å². The lowest BCUT2D eigenvalue weighted by atomic mass is 9.63. The van der Waals surface area contributed by atoms with Crippen molar-refractivity contribution < 1.29 is 0 Å². The molecule has 0 aromatic carbocycles. The van der Waals surface area contributed by atoms with Gasteiger partial charge >= 0.3 is 0 Å². The maximum Gasteiger partial charge on any atom is -0.0264 e. The summed E-state index contributed by atoms with van der Waals surface area (Å²) in [5.41, 5.74) is 0.595. The molecule has 0 heteroatoms. The highest BCUT2D eigenvalue weighted by molar-refractivity contribution is 5.02. The zero-order chi connectivity index (χ0) is 17.7. The molecule has 0 saturated heterocycles. The topological polar surface area (TPSA) is 0 Å². The SMILES string of the molecule is CC(C)CCC[C@@H](C)[C@H]1CCC2[CH]CCC(C)[C@@H](C)CCC[C@@]21C. The van der Waals surface area contributed by atoms with Gasteiger partial charge in [-0.15, -0.1) is 0 Å². The number of fused-ring (bicyclic) bond motifs is 1. The molecule has 0 bridgehead atoms. The van der Waals surface area contributed by atoms with E-state index in [0.717, 1.165) is 35.5 Å². The van der Waals surface area contributed by atoms with E-state index < -0.39 is 0 Å². The number of rotatable bonds is 5. The van der Waals surface area contributed by atoms with Crippen LogP contribution in [0.2, 0.25) is 0 Å². The first-order chi connectivity index (χ1) is 11.3. The molecule has 0 spiro atoms. The summed E-state index contributed by atoms with van der Waals surface area (Å²) >= 11 is 0. The minimum absolute atomic E-state index is 0.595. The maximum atomic E-state index is 2.76. The van der Waals surface area contributed by atoms with Gasteiger partial charge in [-0.2, -0.15) is 0 Å². The fourth-order valence-electron chi connectivity index (χ4n) is 5.97. The third-order valence-corrected chi connectivity index (χ3v) is 8.03. The largest absolute Gasteiger partial charge is 0.0628 e. The Hall–Kier alpha value is 0. The predicted molar refractivity (Wildman–Crippen MR) is 108 cm³/mol. The van der Waals surface area contributed by atoms with Crippen molar-refractivity contribution in [1.82, 2.24) is 0 Å². The molecule has 0 nitrogen and oxygen atoms in total. The van der Waals surface area contributed by atoms with Crippen LogP contribution in [0.25, 0.3) is 0 Å². The van der Waals surface area contributed by atoms with Crippen LogP contribution in [0.5, 0.6) is 0 Å². The molecule has 2 fully saturated rings. The fourth-order valence-corrected chi connectivity index (χ4v) is 5.97. The lowest BCUT2D eigenvalue weighted by Crippen LogP contribution is -2.33. The van der Waals surface area contributed by atoms with Crippen molar-refractivity contribution in [3.63, 3.8) is 0 Å². The molecule has 0 N–H and O–H groups in total. The molecule has 2 rings (SSSR count). The molecule has 1 radical (unpaired) electrons. The van der Waals surface area contributed by atoms with Crippen molar-refractivity contribution in [2.75, 3.05) is 0 Å². The van der Waals surface area contributed by atoms with Crippen molar-refractivity contribution in [3.05, 3.63) is 6.42 Å². The maximum absolute atomic E-state index is 2.76. The summed E-state index contributed by atoms with van der Waals surface area (Å²) in [6.07, 6.45) is 17.2. The van der Waals surface area contributed by atoms with Crippen LogP contribution >= 0.6 is 0 Å². The van der Waals surface area contributed by atoms with Gasteiger partial charge in [0.25, 0.3) is 0 Å². The highest BCUT2D eigenvalue weighted by Gasteiger charge is 2.47. The van der Waals surface area contributed by atoms with Gasteiger partial charge in [0.1, 0.15) is 0 Å². The standard InChI is InChI=1S/C24H45/c1-18(2)10-7-12-21(5)23-16-15-22-14-8-11-19(3)20(4)13-9-17-24(22,23)6/h14,18-23H,7-13,15-17H2,1-6H3/t19?,20-,21+,22?,23+,24-/m0/s1. The average molecular weight is 334 g/mol. The van der Waals surface area contributed by atoms with E-state index in [0.29, 0.717) is 5.41 Å². The van der Waals surface area contributed by atoms with E-state index in [4.69, 9.17) is 0 Å². The Kier molecular flexibility index (Phi) is 7.69. The molecule has 24 heavy (non-hydrogen) atoms. The van der Waals surface area contributed by atoms with Crippen LogP contribution in [-0.2, 0) is 0 Å². The van der Waals surface area contributed by atoms with E-state index in [2.05, 4.69) is 48.0 Å². The Balaban J connectivity index is 1.99. The van der Waals surface area contributed by atoms with Gasteiger partial charge in [-0.3, -0.25) is 0 Å². The van der Waals surface area contributed by atoms with Gasteiger partial charge < -0.3 is 0 Å². The summed E-state index contributed by atoms with van der Waals surface area (Å²) in [6, 6.07) is 0. The van der Waals surface area contributed by atoms with Gasteiger partial charge in [-0.1, -0.05) is 80.1 Å². The molecule has 0 aromatic rings. The first-order valence-corrected chi connectivity index (χ1v) is 11.2. The predicted octanol–water partition coefficient (Wildman–Crippen LogP) is 7.92. The number of hydrogen-bond donors (Lipinski definition) is 0. The van der Waals surface area contributed by atoms with Gasteiger partial charge in [-0.05, 0) is 73.0 Å². The van der Waals surface area contributed by atoms with Gasteiger partial charge in [0.05, 0.1) is 0 Å². The highest BCUT2D eigenvalue weighted by atomic mass is 14.5. The third-order valence-electron chi connectivity index (χ3n) is 8.03. The van der Waals surface area contributed by atoms with Crippen molar-refractivity contribution in [3.8, 4) is 0 Å². The quantitative estimate of drug-likeness (QED) is 0.479. The minimum atomic E-state index is 0.595. The summed E-state index contributed by atoms with van der Waals surface area (Å²) in [5.74, 6) is 5.49. The van der Waals surface area contributed by atoms with Crippen LogP contribution in [-0.4, -0.2) is 0 Å². The molecular formula is C24H45. The second-order valence-electron chi connectivity index (χ2n) is 10.3. The average Bonchev–Trinajstić information content (AvgIpc) is 2.83. The van der Waals surface area contributed by atoms with Crippen LogP contribution in [0.4, 0.5) is 0 Å². The Morgan fingerprint density at radius 3 is 2.38 bits per heavy atom. The smallest absolute Gasteiger partial charge is 0.0264 e. The van der Waals surface area contributed by atoms with Crippen molar-refractivity contribution in [1.29, 1.82) is 0 Å². The molecular weight excluding hydrogens is 288 g/mol. The van der Waals surface area contributed by atoms with E-state index in [1.165, 1.54) is 64.2 Å². The summed E-state index contributed by atoms with van der Waals surface area (Å²) in [7, 11) is 0. The Morgan fingerprint density at radius 2 is 1.67 bits per heavy atom. The molecule has 0 aromatic heterocycles. The second-order valence-corrected chi connectivity index (χ2v) is 10.3. The van der Waals surface area contributed by atoms with E-state index in [9.17, 15) is 0 Å². The monoisotopic (exact) mass is 333 g/mol. The first kappa shape index (κ1) is 20.3. The van der Waals surface area contributed by atoms with Gasteiger partial charge in [0, 0.05) is 0 Å². The highest BCUT2D eigenvalue weighted by Crippen LogP contribution is 2.56.